The molecule has 0 radical (unpaired) electrons. The second kappa shape index (κ2) is 9.92. The normalized spacial score (nSPS) is 19.6. The summed E-state index contributed by atoms with van der Waals surface area (Å²) in [5.41, 5.74) is 2.29. The monoisotopic (exact) mass is 459 g/mol. The first-order valence-electron chi connectivity index (χ1n) is 10.8. The molecule has 2 aromatic rings. The number of nitrogens with zero attached hydrogens (tertiary/aromatic N) is 2. The SMILES string of the molecule is COc1ccc([C@@H]2CC(C(=O)NC3CCCCCC3)=NN2c2ccc(Cl)cc2Cl)cc1. The molecule has 164 valence electrons. The summed E-state index contributed by atoms with van der Waals surface area (Å²) in [4.78, 5) is 13.1. The number of benzene rings is 2. The number of halogens is 2. The van der Waals surface area contributed by atoms with E-state index in [2.05, 4.69) is 5.32 Å². The van der Waals surface area contributed by atoms with Crippen molar-refractivity contribution in [3.05, 3.63) is 58.1 Å². The van der Waals surface area contributed by atoms with Crippen LogP contribution in [-0.4, -0.2) is 24.8 Å². The Hall–Kier alpha value is -2.24. The number of hydrazone groups is 1. The van der Waals surface area contributed by atoms with Gasteiger partial charge in [0.1, 0.15) is 11.5 Å². The largest absolute Gasteiger partial charge is 0.497 e. The zero-order valence-electron chi connectivity index (χ0n) is 17.6. The number of amides is 1. The standard InChI is InChI=1S/C24H27Cl2N3O2/c1-31-19-11-8-16(9-12-19)23-15-21(24(30)27-18-6-4-2-3-5-7-18)28-29(23)22-13-10-17(25)14-20(22)26/h8-14,18,23H,2-7,15H2,1H3,(H,27,30)/t23-/m0/s1. The molecule has 1 aliphatic heterocycles. The highest BCUT2D eigenvalue weighted by atomic mass is 35.5. The van der Waals surface area contributed by atoms with Gasteiger partial charge in [-0.2, -0.15) is 5.10 Å². The molecule has 1 fully saturated rings. The van der Waals surface area contributed by atoms with Crippen molar-refractivity contribution < 1.29 is 9.53 Å². The first kappa shape index (κ1) is 22.0. The third-order valence-electron chi connectivity index (χ3n) is 6.02. The molecule has 1 atom stereocenters. The van der Waals surface area contributed by atoms with E-state index in [1.54, 1.807) is 19.2 Å². The van der Waals surface area contributed by atoms with E-state index in [0.717, 1.165) is 29.8 Å². The van der Waals surface area contributed by atoms with E-state index in [-0.39, 0.29) is 18.0 Å². The maximum Gasteiger partial charge on any atom is 0.267 e. The van der Waals surface area contributed by atoms with Gasteiger partial charge in [-0.1, -0.05) is 61.0 Å². The molecule has 2 aromatic carbocycles. The van der Waals surface area contributed by atoms with Crippen molar-refractivity contribution in [1.29, 1.82) is 0 Å². The summed E-state index contributed by atoms with van der Waals surface area (Å²) >= 11 is 12.6. The molecule has 0 spiro atoms. The van der Waals surface area contributed by atoms with Crippen molar-refractivity contribution in [2.75, 3.05) is 12.1 Å². The minimum Gasteiger partial charge on any atom is -0.497 e. The van der Waals surface area contributed by atoms with Gasteiger partial charge in [0.15, 0.2) is 0 Å². The number of hydrogen-bond donors (Lipinski definition) is 1. The lowest BCUT2D eigenvalue weighted by Crippen LogP contribution is -2.38. The molecule has 1 aliphatic carbocycles. The molecule has 1 amide bonds. The summed E-state index contributed by atoms with van der Waals surface area (Å²) in [5, 5.41) is 10.8. The van der Waals surface area contributed by atoms with Gasteiger partial charge in [0, 0.05) is 17.5 Å². The third kappa shape index (κ3) is 5.16. The van der Waals surface area contributed by atoms with Crippen molar-refractivity contribution in [3.63, 3.8) is 0 Å². The van der Waals surface area contributed by atoms with Crippen molar-refractivity contribution in [1.82, 2.24) is 5.32 Å². The number of ether oxygens (including phenoxy) is 1. The zero-order chi connectivity index (χ0) is 21.8. The molecule has 1 heterocycles. The van der Waals surface area contributed by atoms with Crippen LogP contribution in [0, 0.1) is 0 Å². The summed E-state index contributed by atoms with van der Waals surface area (Å²) in [6.07, 6.45) is 7.40. The molecule has 1 N–H and O–H groups in total. The summed E-state index contributed by atoms with van der Waals surface area (Å²) in [5.74, 6) is 0.697. The lowest BCUT2D eigenvalue weighted by molar-refractivity contribution is -0.115. The van der Waals surface area contributed by atoms with Gasteiger partial charge in [-0.3, -0.25) is 9.80 Å². The van der Waals surface area contributed by atoms with Crippen LogP contribution in [0.5, 0.6) is 5.75 Å². The fraction of sp³-hybridized carbons (Fsp3) is 0.417. The van der Waals surface area contributed by atoms with Crippen molar-refractivity contribution >= 4 is 40.5 Å². The van der Waals surface area contributed by atoms with Crippen LogP contribution in [-0.2, 0) is 4.79 Å². The molecule has 0 bridgehead atoms. The predicted molar refractivity (Wildman–Crippen MR) is 126 cm³/mol. The van der Waals surface area contributed by atoms with Crippen LogP contribution in [0.4, 0.5) is 5.69 Å². The quantitative estimate of drug-likeness (QED) is 0.545. The summed E-state index contributed by atoms with van der Waals surface area (Å²) in [6.45, 7) is 0. The first-order valence-corrected chi connectivity index (χ1v) is 11.6. The Morgan fingerprint density at radius 1 is 1.06 bits per heavy atom. The molecule has 0 saturated heterocycles. The third-order valence-corrected chi connectivity index (χ3v) is 6.56. The Bertz CT molecular complexity index is 954. The Kier molecular flexibility index (Phi) is 7.03. The van der Waals surface area contributed by atoms with Gasteiger partial charge in [-0.25, -0.2) is 0 Å². The van der Waals surface area contributed by atoms with Crippen molar-refractivity contribution in [2.45, 2.75) is 57.0 Å². The van der Waals surface area contributed by atoms with Gasteiger partial charge < -0.3 is 10.1 Å². The molecular formula is C24H27Cl2N3O2. The minimum atomic E-state index is -0.139. The first-order chi connectivity index (χ1) is 15.0. The maximum absolute atomic E-state index is 13.1. The number of anilines is 1. The van der Waals surface area contributed by atoms with E-state index in [9.17, 15) is 4.79 Å². The van der Waals surface area contributed by atoms with E-state index >= 15 is 0 Å². The number of methoxy groups -OCH3 is 1. The van der Waals surface area contributed by atoms with Gasteiger partial charge in [-0.15, -0.1) is 0 Å². The lowest BCUT2D eigenvalue weighted by Gasteiger charge is -2.25. The predicted octanol–water partition coefficient (Wildman–Crippen LogP) is 6.15. The van der Waals surface area contributed by atoms with Crippen molar-refractivity contribution in [2.24, 2.45) is 5.10 Å². The molecule has 1 saturated carbocycles. The Morgan fingerprint density at radius 3 is 2.42 bits per heavy atom. The topological polar surface area (TPSA) is 53.9 Å². The molecule has 0 aromatic heterocycles. The summed E-state index contributed by atoms with van der Waals surface area (Å²) < 4.78 is 5.29. The second-order valence-electron chi connectivity index (χ2n) is 8.14. The molecular weight excluding hydrogens is 433 g/mol. The average Bonchev–Trinajstić information content (AvgIpc) is 3.05. The van der Waals surface area contributed by atoms with Gasteiger partial charge in [0.2, 0.25) is 0 Å². The van der Waals surface area contributed by atoms with Crippen LogP contribution in [0.1, 0.15) is 56.6 Å². The van der Waals surface area contributed by atoms with Crippen molar-refractivity contribution in [3.8, 4) is 5.75 Å². The smallest absolute Gasteiger partial charge is 0.267 e. The number of carbonyl (C=O) groups excluding carboxylic acids is 1. The lowest BCUT2D eigenvalue weighted by atomic mass is 10.0. The van der Waals surface area contributed by atoms with E-state index in [0.29, 0.717) is 22.2 Å². The molecule has 5 nitrogen and oxygen atoms in total. The number of carbonyl (C=O) groups is 1. The van der Waals surface area contributed by atoms with Crippen LogP contribution in [0.2, 0.25) is 10.0 Å². The average molecular weight is 460 g/mol. The number of rotatable bonds is 5. The minimum absolute atomic E-state index is 0.0852. The Balaban J connectivity index is 1.61. The number of nitrogens with one attached hydrogen (secondary N) is 1. The summed E-state index contributed by atoms with van der Waals surface area (Å²) in [7, 11) is 1.64. The summed E-state index contributed by atoms with van der Waals surface area (Å²) in [6, 6.07) is 13.3. The van der Waals surface area contributed by atoms with Crippen LogP contribution in [0.15, 0.2) is 47.6 Å². The van der Waals surface area contributed by atoms with E-state index in [4.69, 9.17) is 33.0 Å². The molecule has 4 rings (SSSR count). The van der Waals surface area contributed by atoms with Gasteiger partial charge in [-0.05, 0) is 48.7 Å². The molecule has 7 heteroatoms. The van der Waals surface area contributed by atoms with Gasteiger partial charge in [0.05, 0.1) is 23.9 Å². The van der Waals surface area contributed by atoms with E-state index in [1.807, 2.05) is 35.3 Å². The fourth-order valence-electron chi connectivity index (χ4n) is 4.31. The molecule has 31 heavy (non-hydrogen) atoms. The van der Waals surface area contributed by atoms with Crippen LogP contribution in [0.3, 0.4) is 0 Å². The Labute approximate surface area is 193 Å². The van der Waals surface area contributed by atoms with Crippen LogP contribution in [0.25, 0.3) is 0 Å². The van der Waals surface area contributed by atoms with Gasteiger partial charge in [0.25, 0.3) is 5.91 Å². The van der Waals surface area contributed by atoms with Gasteiger partial charge >= 0.3 is 0 Å². The maximum atomic E-state index is 13.1. The zero-order valence-corrected chi connectivity index (χ0v) is 19.1. The second-order valence-corrected chi connectivity index (χ2v) is 8.99. The number of hydrogen-bond acceptors (Lipinski definition) is 4. The molecule has 2 aliphatic rings. The van der Waals surface area contributed by atoms with Crippen LogP contribution >= 0.6 is 23.2 Å². The Morgan fingerprint density at radius 2 is 1.77 bits per heavy atom. The highest BCUT2D eigenvalue weighted by Crippen LogP contribution is 2.40. The molecule has 0 unspecified atom stereocenters. The fourth-order valence-corrected chi connectivity index (χ4v) is 4.81. The van der Waals surface area contributed by atoms with Crippen LogP contribution < -0.4 is 15.1 Å². The van der Waals surface area contributed by atoms with E-state index in [1.165, 1.54) is 25.7 Å². The highest BCUT2D eigenvalue weighted by molar-refractivity contribution is 6.40. The highest BCUT2D eigenvalue weighted by Gasteiger charge is 2.34. The van der Waals surface area contributed by atoms with E-state index < -0.39 is 0 Å².